The third-order valence-corrected chi connectivity index (χ3v) is 3.85. The topological polar surface area (TPSA) is 41.3 Å². The zero-order chi connectivity index (χ0) is 13.0. The summed E-state index contributed by atoms with van der Waals surface area (Å²) >= 11 is 0. The Kier molecular flexibility index (Phi) is 4.40. The van der Waals surface area contributed by atoms with E-state index in [0.29, 0.717) is 0 Å². The molecule has 0 aromatic carbocycles. The molecule has 2 heterocycles. The molecule has 1 N–H and O–H groups in total. The van der Waals surface area contributed by atoms with Crippen LogP contribution in [0.2, 0.25) is 0 Å². The van der Waals surface area contributed by atoms with Crippen LogP contribution in [-0.4, -0.2) is 39.4 Å². The van der Waals surface area contributed by atoms with Gasteiger partial charge in [-0.3, -0.25) is 4.68 Å². The van der Waals surface area contributed by atoms with Gasteiger partial charge in [0.25, 0.3) is 0 Å². The van der Waals surface area contributed by atoms with Gasteiger partial charge in [-0.05, 0) is 32.2 Å². The molecule has 0 aliphatic carbocycles. The first-order valence-electron chi connectivity index (χ1n) is 7.15. The molecular weight excluding hydrogens is 226 g/mol. The highest BCUT2D eigenvalue weighted by Gasteiger charge is 2.34. The van der Waals surface area contributed by atoms with Gasteiger partial charge in [0, 0.05) is 31.4 Å². The van der Waals surface area contributed by atoms with Crippen molar-refractivity contribution >= 4 is 0 Å². The van der Waals surface area contributed by atoms with Crippen LogP contribution in [0.1, 0.15) is 45.1 Å². The molecule has 1 aliphatic heterocycles. The van der Waals surface area contributed by atoms with Crippen molar-refractivity contribution in [2.75, 3.05) is 19.6 Å². The molecule has 0 bridgehead atoms. The zero-order valence-electron chi connectivity index (χ0n) is 11.6. The first-order chi connectivity index (χ1) is 8.68. The number of hydrogen-bond acceptors (Lipinski definition) is 3. The molecule has 0 radical (unpaired) electrons. The summed E-state index contributed by atoms with van der Waals surface area (Å²) in [5, 5.41) is 15.1. The average molecular weight is 251 g/mol. The Morgan fingerprint density at radius 2 is 1.89 bits per heavy atom. The molecule has 18 heavy (non-hydrogen) atoms. The van der Waals surface area contributed by atoms with Crippen molar-refractivity contribution in [1.82, 2.24) is 14.7 Å². The van der Waals surface area contributed by atoms with Gasteiger partial charge in [-0.2, -0.15) is 5.10 Å². The van der Waals surface area contributed by atoms with Crippen LogP contribution in [0, 0.1) is 0 Å². The van der Waals surface area contributed by atoms with E-state index in [1.54, 1.807) is 0 Å². The van der Waals surface area contributed by atoms with E-state index in [-0.39, 0.29) is 0 Å². The van der Waals surface area contributed by atoms with Crippen molar-refractivity contribution in [2.24, 2.45) is 0 Å². The third-order valence-electron chi connectivity index (χ3n) is 3.85. The maximum absolute atomic E-state index is 10.7. The molecule has 4 nitrogen and oxygen atoms in total. The molecule has 1 aromatic heterocycles. The minimum absolute atomic E-state index is 0.657. The van der Waals surface area contributed by atoms with Crippen LogP contribution in [0.3, 0.4) is 0 Å². The van der Waals surface area contributed by atoms with E-state index in [0.717, 1.165) is 51.0 Å². The number of aliphatic hydroxyl groups is 1. The highest BCUT2D eigenvalue weighted by atomic mass is 16.3. The van der Waals surface area contributed by atoms with E-state index in [4.69, 9.17) is 0 Å². The molecule has 0 atom stereocenters. The molecular formula is C14H25N3O. The molecule has 1 fully saturated rings. The second-order valence-electron chi connectivity index (χ2n) is 5.37. The minimum atomic E-state index is -0.657. The Bertz CT molecular complexity index is 367. The van der Waals surface area contributed by atoms with Crippen LogP contribution in [0.5, 0.6) is 0 Å². The Morgan fingerprint density at radius 3 is 2.50 bits per heavy atom. The lowest BCUT2D eigenvalue weighted by atomic mass is 9.86. The lowest BCUT2D eigenvalue weighted by Gasteiger charge is -2.37. The van der Waals surface area contributed by atoms with Gasteiger partial charge in [0.05, 0.1) is 11.8 Å². The first-order valence-corrected chi connectivity index (χ1v) is 7.15. The summed E-state index contributed by atoms with van der Waals surface area (Å²) in [6, 6.07) is 0. The van der Waals surface area contributed by atoms with Crippen molar-refractivity contribution in [3.63, 3.8) is 0 Å². The maximum Gasteiger partial charge on any atom is 0.0951 e. The van der Waals surface area contributed by atoms with Crippen LogP contribution in [0.25, 0.3) is 0 Å². The van der Waals surface area contributed by atoms with Crippen LogP contribution < -0.4 is 0 Å². The summed E-state index contributed by atoms with van der Waals surface area (Å²) < 4.78 is 1.94. The summed E-state index contributed by atoms with van der Waals surface area (Å²) in [5.41, 5.74) is 0.336. The van der Waals surface area contributed by atoms with Gasteiger partial charge in [-0.25, -0.2) is 0 Å². The Hall–Kier alpha value is -0.870. The summed E-state index contributed by atoms with van der Waals surface area (Å²) in [6.45, 7) is 8.39. The summed E-state index contributed by atoms with van der Waals surface area (Å²) in [4.78, 5) is 2.44. The molecule has 1 saturated heterocycles. The molecule has 0 amide bonds. The van der Waals surface area contributed by atoms with E-state index in [1.807, 2.05) is 17.1 Å². The fraction of sp³-hybridized carbons (Fsp3) is 0.786. The quantitative estimate of drug-likeness (QED) is 0.870. The van der Waals surface area contributed by atoms with Gasteiger partial charge in [-0.1, -0.05) is 13.8 Å². The van der Waals surface area contributed by atoms with Crippen LogP contribution >= 0.6 is 0 Å². The number of hydrogen-bond donors (Lipinski definition) is 1. The Labute approximate surface area is 110 Å². The number of aromatic nitrogens is 2. The third kappa shape index (κ3) is 2.93. The Morgan fingerprint density at radius 1 is 1.22 bits per heavy atom. The van der Waals surface area contributed by atoms with Crippen molar-refractivity contribution < 1.29 is 5.11 Å². The average Bonchev–Trinajstić information content (AvgIpc) is 2.83. The number of nitrogens with zero attached hydrogens (tertiary/aromatic N) is 3. The molecule has 0 saturated carbocycles. The van der Waals surface area contributed by atoms with Gasteiger partial charge < -0.3 is 10.0 Å². The standard InChI is InChI=1S/C14H25N3O/c1-3-7-16-9-5-14(18,6-10-16)13-11-15-17(12-13)8-4-2/h11-12,18H,3-10H2,1-2H3. The molecule has 4 heteroatoms. The van der Waals surface area contributed by atoms with E-state index < -0.39 is 5.60 Å². The normalized spacial score (nSPS) is 20.2. The number of rotatable bonds is 5. The minimum Gasteiger partial charge on any atom is -0.385 e. The molecule has 102 valence electrons. The van der Waals surface area contributed by atoms with Crippen LogP contribution in [-0.2, 0) is 12.1 Å². The second-order valence-corrected chi connectivity index (χ2v) is 5.37. The van der Waals surface area contributed by atoms with Gasteiger partial charge in [0.2, 0.25) is 0 Å². The van der Waals surface area contributed by atoms with E-state index in [9.17, 15) is 5.11 Å². The number of likely N-dealkylation sites (tertiary alicyclic amines) is 1. The van der Waals surface area contributed by atoms with Gasteiger partial charge in [0.1, 0.15) is 0 Å². The van der Waals surface area contributed by atoms with E-state index >= 15 is 0 Å². The molecule has 0 spiro atoms. The van der Waals surface area contributed by atoms with Crippen molar-refractivity contribution in [2.45, 2.75) is 51.7 Å². The van der Waals surface area contributed by atoms with Crippen molar-refractivity contribution in [3.05, 3.63) is 18.0 Å². The summed E-state index contributed by atoms with van der Waals surface area (Å²) in [7, 11) is 0. The maximum atomic E-state index is 10.7. The highest BCUT2D eigenvalue weighted by Crippen LogP contribution is 2.32. The highest BCUT2D eigenvalue weighted by molar-refractivity contribution is 5.16. The fourth-order valence-corrected chi connectivity index (χ4v) is 2.71. The largest absolute Gasteiger partial charge is 0.385 e. The predicted octanol–water partition coefficient (Wildman–Crippen LogP) is 1.99. The first kappa shape index (κ1) is 13.6. The van der Waals surface area contributed by atoms with E-state index in [1.165, 1.54) is 6.42 Å². The van der Waals surface area contributed by atoms with Crippen molar-refractivity contribution in [3.8, 4) is 0 Å². The number of piperidine rings is 1. The molecule has 2 rings (SSSR count). The van der Waals surface area contributed by atoms with Crippen LogP contribution in [0.15, 0.2) is 12.4 Å². The van der Waals surface area contributed by atoms with Crippen molar-refractivity contribution in [1.29, 1.82) is 0 Å². The summed E-state index contributed by atoms with van der Waals surface area (Å²) in [6.07, 6.45) is 7.76. The lowest BCUT2D eigenvalue weighted by molar-refractivity contribution is -0.0258. The lowest BCUT2D eigenvalue weighted by Crippen LogP contribution is -2.42. The van der Waals surface area contributed by atoms with Gasteiger partial charge in [-0.15, -0.1) is 0 Å². The zero-order valence-corrected chi connectivity index (χ0v) is 11.6. The number of aryl methyl sites for hydroxylation is 1. The summed E-state index contributed by atoms with van der Waals surface area (Å²) in [5.74, 6) is 0. The molecule has 1 aliphatic rings. The molecule has 1 aromatic rings. The monoisotopic (exact) mass is 251 g/mol. The SMILES string of the molecule is CCCN1CCC(O)(c2cnn(CCC)c2)CC1. The van der Waals surface area contributed by atoms with E-state index in [2.05, 4.69) is 23.8 Å². The fourth-order valence-electron chi connectivity index (χ4n) is 2.71. The van der Waals surface area contributed by atoms with Crippen LogP contribution in [0.4, 0.5) is 0 Å². The second kappa shape index (κ2) is 5.85. The smallest absolute Gasteiger partial charge is 0.0951 e. The Balaban J connectivity index is 1.99. The molecule has 0 unspecified atom stereocenters. The van der Waals surface area contributed by atoms with Gasteiger partial charge in [0.15, 0.2) is 0 Å². The van der Waals surface area contributed by atoms with Gasteiger partial charge >= 0.3 is 0 Å². The predicted molar refractivity (Wildman–Crippen MR) is 72.4 cm³/mol.